The molecule has 1 aromatic heterocycles. The molecule has 26 heavy (non-hydrogen) atoms. The molecule has 134 valence electrons. The molecule has 3 aromatic rings. The maximum atomic E-state index is 12.3. The summed E-state index contributed by atoms with van der Waals surface area (Å²) in [4.78, 5) is 14.4. The van der Waals surface area contributed by atoms with Crippen LogP contribution in [0.2, 0.25) is 0 Å². The highest BCUT2D eigenvalue weighted by Crippen LogP contribution is 2.22. The number of Topliss-reactive ketones (excluding diaryl/α,β-unsaturated/α-hetero) is 1. The Hall–Kier alpha value is -2.46. The number of nitrogens with zero attached hydrogens (tertiary/aromatic N) is 2. The van der Waals surface area contributed by atoms with Crippen molar-refractivity contribution in [1.29, 1.82) is 0 Å². The topological polar surface area (TPSA) is 24.2 Å². The van der Waals surface area contributed by atoms with Gasteiger partial charge in [0.15, 0.2) is 5.78 Å². The van der Waals surface area contributed by atoms with Crippen molar-refractivity contribution >= 4 is 45.2 Å². The Labute approximate surface area is 159 Å². The number of benzene rings is 2. The molecule has 0 N–H and O–H groups in total. The van der Waals surface area contributed by atoms with Crippen LogP contribution in [0.3, 0.4) is 0 Å². The molecule has 3 nitrogen and oxygen atoms in total. The molecule has 0 saturated heterocycles. The third-order valence-electron chi connectivity index (χ3n) is 4.42. The molecule has 3 rings (SSSR count). The molecule has 2 aromatic carbocycles. The Morgan fingerprint density at radius 2 is 1.77 bits per heavy atom. The molecule has 1 heterocycles. The predicted octanol–water partition coefficient (Wildman–Crippen LogP) is 4.65. The van der Waals surface area contributed by atoms with Crippen LogP contribution in [0.5, 0.6) is 0 Å². The molecule has 0 bridgehead atoms. The predicted molar refractivity (Wildman–Crippen MR) is 112 cm³/mol. The van der Waals surface area contributed by atoms with E-state index >= 15 is 0 Å². The van der Waals surface area contributed by atoms with Crippen LogP contribution in [0.1, 0.15) is 24.4 Å². The highest BCUT2D eigenvalue weighted by Gasteiger charge is 2.22. The lowest BCUT2D eigenvalue weighted by Crippen LogP contribution is -2.40. The average Bonchev–Trinajstić information content (AvgIpc) is 2.98. The summed E-state index contributed by atoms with van der Waals surface area (Å²) in [6.45, 7) is 4.33. The van der Waals surface area contributed by atoms with E-state index in [1.165, 1.54) is 10.4 Å². The van der Waals surface area contributed by atoms with Crippen molar-refractivity contribution in [2.45, 2.75) is 20.4 Å². The summed E-state index contributed by atoms with van der Waals surface area (Å²) in [5, 5.41) is 1.09. The summed E-state index contributed by atoms with van der Waals surface area (Å²) in [7, 11) is 4.08. The summed E-state index contributed by atoms with van der Waals surface area (Å²) in [5.74, 6) is 0.292. The number of rotatable bonds is 6. The maximum Gasteiger partial charge on any atom is 0.263 e. The van der Waals surface area contributed by atoms with Crippen LogP contribution in [-0.4, -0.2) is 19.9 Å². The van der Waals surface area contributed by atoms with Gasteiger partial charge in [-0.3, -0.25) is 4.79 Å². The number of carbonyl (C=O) groups excluding carboxylic acids is 1. The Bertz CT molecular complexity index is 936. The summed E-state index contributed by atoms with van der Waals surface area (Å²) in [5.41, 5.74) is 3.45. The number of hydrogen-bond donors (Lipinski definition) is 0. The standard InChI is InChI=1S/C22H25N2OS/c1-16(2)20(25)15-24-19-7-5-6-8-21(19)26-22(24)14-11-17-9-12-18(13-10-17)23(3)4/h5-14,16H,15H2,1-4H3/q+1. The lowest BCUT2D eigenvalue weighted by molar-refractivity contribution is -0.655. The van der Waals surface area contributed by atoms with Crippen LogP contribution < -0.4 is 9.47 Å². The Balaban J connectivity index is 1.94. The molecule has 0 spiro atoms. The van der Waals surface area contributed by atoms with Crippen LogP contribution in [-0.2, 0) is 11.3 Å². The lowest BCUT2D eigenvalue weighted by atomic mass is 10.1. The number of ketones is 1. The van der Waals surface area contributed by atoms with Crippen molar-refractivity contribution in [3.8, 4) is 0 Å². The second-order valence-electron chi connectivity index (χ2n) is 6.93. The number of fused-ring (bicyclic) bond motifs is 1. The third-order valence-corrected chi connectivity index (χ3v) is 5.55. The zero-order valence-electron chi connectivity index (χ0n) is 15.8. The molecule has 0 unspecified atom stereocenters. The minimum absolute atomic E-state index is 0.0385. The first-order valence-corrected chi connectivity index (χ1v) is 9.67. The van der Waals surface area contributed by atoms with Crippen molar-refractivity contribution in [2.24, 2.45) is 5.92 Å². The summed E-state index contributed by atoms with van der Waals surface area (Å²) in [6.07, 6.45) is 4.23. The number of para-hydroxylation sites is 1. The van der Waals surface area contributed by atoms with Crippen molar-refractivity contribution < 1.29 is 9.36 Å². The van der Waals surface area contributed by atoms with Crippen molar-refractivity contribution in [3.05, 3.63) is 59.1 Å². The number of aromatic nitrogens is 1. The van der Waals surface area contributed by atoms with Crippen LogP contribution >= 0.6 is 11.3 Å². The minimum Gasteiger partial charge on any atom is -0.378 e. The molecular formula is C22H25N2OS+. The normalized spacial score (nSPS) is 11.6. The van der Waals surface area contributed by atoms with E-state index in [0.717, 1.165) is 16.1 Å². The SMILES string of the molecule is CC(C)C(=O)C[n+]1c(/C=C/c2ccc(N(C)C)cc2)sc2ccccc21. The quantitative estimate of drug-likeness (QED) is 0.594. The van der Waals surface area contributed by atoms with Gasteiger partial charge in [0.2, 0.25) is 12.1 Å². The van der Waals surface area contributed by atoms with Crippen molar-refractivity contribution in [1.82, 2.24) is 0 Å². The van der Waals surface area contributed by atoms with E-state index in [-0.39, 0.29) is 11.7 Å². The van der Waals surface area contributed by atoms with Gasteiger partial charge in [-0.2, -0.15) is 4.57 Å². The van der Waals surface area contributed by atoms with E-state index in [1.54, 1.807) is 11.3 Å². The molecule has 0 radical (unpaired) electrons. The first kappa shape index (κ1) is 18.3. The van der Waals surface area contributed by atoms with E-state index in [4.69, 9.17) is 0 Å². The molecule has 0 aliphatic heterocycles. The van der Waals surface area contributed by atoms with Gasteiger partial charge < -0.3 is 4.90 Å². The van der Waals surface area contributed by atoms with Gasteiger partial charge >= 0.3 is 0 Å². The monoisotopic (exact) mass is 365 g/mol. The summed E-state index contributed by atoms with van der Waals surface area (Å²) >= 11 is 1.72. The average molecular weight is 366 g/mol. The fourth-order valence-electron chi connectivity index (χ4n) is 2.73. The molecule has 4 heteroatoms. The molecular weight excluding hydrogens is 340 g/mol. The summed E-state index contributed by atoms with van der Waals surface area (Å²) < 4.78 is 3.33. The minimum atomic E-state index is 0.0385. The molecule has 0 fully saturated rings. The molecule has 0 atom stereocenters. The zero-order chi connectivity index (χ0) is 18.7. The third kappa shape index (κ3) is 4.02. The number of carbonyl (C=O) groups is 1. The molecule has 0 aliphatic carbocycles. The van der Waals surface area contributed by atoms with E-state index in [0.29, 0.717) is 6.54 Å². The van der Waals surface area contributed by atoms with Gasteiger partial charge in [-0.25, -0.2) is 0 Å². The van der Waals surface area contributed by atoms with E-state index < -0.39 is 0 Å². The largest absolute Gasteiger partial charge is 0.378 e. The fraction of sp³-hybridized carbons (Fsp3) is 0.273. The van der Waals surface area contributed by atoms with Gasteiger partial charge in [0, 0.05) is 37.8 Å². The molecule has 0 amide bonds. The Morgan fingerprint density at radius 3 is 2.42 bits per heavy atom. The summed E-state index contributed by atoms with van der Waals surface area (Å²) in [6, 6.07) is 16.7. The van der Waals surface area contributed by atoms with Gasteiger partial charge in [0.25, 0.3) is 5.01 Å². The van der Waals surface area contributed by atoms with Crippen LogP contribution in [0.4, 0.5) is 5.69 Å². The van der Waals surface area contributed by atoms with Gasteiger partial charge in [-0.1, -0.05) is 49.4 Å². The van der Waals surface area contributed by atoms with Crippen LogP contribution in [0.25, 0.3) is 22.4 Å². The van der Waals surface area contributed by atoms with Gasteiger partial charge in [0.05, 0.1) is 0 Å². The highest BCUT2D eigenvalue weighted by molar-refractivity contribution is 7.18. The van der Waals surface area contributed by atoms with Gasteiger partial charge in [0.1, 0.15) is 4.70 Å². The second-order valence-corrected chi connectivity index (χ2v) is 8.00. The van der Waals surface area contributed by atoms with E-state index in [2.05, 4.69) is 58.0 Å². The van der Waals surface area contributed by atoms with Crippen LogP contribution in [0, 0.1) is 5.92 Å². The Kier molecular flexibility index (Phi) is 5.52. The highest BCUT2D eigenvalue weighted by atomic mass is 32.1. The van der Waals surface area contributed by atoms with E-state index in [9.17, 15) is 4.79 Å². The number of thiazole rings is 1. The van der Waals surface area contributed by atoms with Gasteiger partial charge in [-0.15, -0.1) is 0 Å². The number of anilines is 1. The second kappa shape index (κ2) is 7.83. The zero-order valence-corrected chi connectivity index (χ0v) is 16.6. The van der Waals surface area contributed by atoms with Crippen molar-refractivity contribution in [2.75, 3.05) is 19.0 Å². The number of hydrogen-bond acceptors (Lipinski definition) is 3. The molecule has 0 saturated carbocycles. The van der Waals surface area contributed by atoms with E-state index in [1.807, 2.05) is 40.1 Å². The van der Waals surface area contributed by atoms with Crippen molar-refractivity contribution in [3.63, 3.8) is 0 Å². The van der Waals surface area contributed by atoms with Gasteiger partial charge in [-0.05, 0) is 29.8 Å². The molecule has 0 aliphatic rings. The van der Waals surface area contributed by atoms with Crippen LogP contribution in [0.15, 0.2) is 48.5 Å². The fourth-order valence-corrected chi connectivity index (χ4v) is 3.79. The first-order chi connectivity index (χ1) is 12.5. The Morgan fingerprint density at radius 1 is 1.08 bits per heavy atom. The smallest absolute Gasteiger partial charge is 0.263 e. The lowest BCUT2D eigenvalue weighted by Gasteiger charge is -2.11. The maximum absolute atomic E-state index is 12.3. The first-order valence-electron chi connectivity index (χ1n) is 8.85.